The van der Waals surface area contributed by atoms with Gasteiger partial charge in [0.2, 0.25) is 6.23 Å². The van der Waals surface area contributed by atoms with Crippen LogP contribution in [0.1, 0.15) is 44.0 Å². The van der Waals surface area contributed by atoms with Gasteiger partial charge in [0.25, 0.3) is 5.91 Å². The van der Waals surface area contributed by atoms with Crippen LogP contribution in [0.25, 0.3) is 0 Å². The number of carbonyl (C=O) groups excluding carboxylic acids is 4. The minimum atomic E-state index is -2.02. The van der Waals surface area contributed by atoms with Crippen molar-refractivity contribution in [2.45, 2.75) is 51.5 Å². The summed E-state index contributed by atoms with van der Waals surface area (Å²) >= 11 is 0. The van der Waals surface area contributed by atoms with Crippen molar-refractivity contribution in [3.8, 4) is 0 Å². The molecule has 0 aliphatic carbocycles. The van der Waals surface area contributed by atoms with E-state index in [1.54, 1.807) is 39.0 Å². The van der Waals surface area contributed by atoms with Crippen molar-refractivity contribution in [2.75, 3.05) is 6.54 Å². The number of rotatable bonds is 4. The smallest absolute Gasteiger partial charge is 0.411 e. The van der Waals surface area contributed by atoms with Crippen LogP contribution in [0.4, 0.5) is 4.79 Å². The molecule has 28 heavy (non-hydrogen) atoms. The highest BCUT2D eigenvalue weighted by atomic mass is 16.6. The summed E-state index contributed by atoms with van der Waals surface area (Å²) in [5.74, 6) is -3.01. The molecule has 0 saturated carbocycles. The minimum absolute atomic E-state index is 0.229. The molecule has 1 unspecified atom stereocenters. The van der Waals surface area contributed by atoms with Crippen LogP contribution in [-0.2, 0) is 19.1 Å². The number of likely N-dealkylation sites (tertiary alicyclic amines) is 1. The molecule has 1 saturated heterocycles. The molecule has 0 bridgehead atoms. The molecule has 0 radical (unpaired) electrons. The highest BCUT2D eigenvalue weighted by molar-refractivity contribution is 5.98. The van der Waals surface area contributed by atoms with Gasteiger partial charge in [-0.15, -0.1) is 0 Å². The fourth-order valence-corrected chi connectivity index (χ4v) is 2.63. The molecule has 2 amide bonds. The zero-order valence-electron chi connectivity index (χ0n) is 16.0. The first-order chi connectivity index (χ1) is 13.1. The Bertz CT molecular complexity index is 742. The molecule has 9 nitrogen and oxygen atoms in total. The van der Waals surface area contributed by atoms with Gasteiger partial charge in [0.15, 0.2) is 0 Å². The highest BCUT2D eigenvalue weighted by Gasteiger charge is 2.39. The normalized spacial score (nSPS) is 17.6. The average molecular weight is 392 g/mol. The van der Waals surface area contributed by atoms with E-state index in [0.717, 1.165) is 0 Å². The zero-order chi connectivity index (χ0) is 20.9. The number of hydrogen-bond acceptors (Lipinski definition) is 7. The predicted molar refractivity (Wildman–Crippen MR) is 97.0 cm³/mol. The summed E-state index contributed by atoms with van der Waals surface area (Å²) in [6.07, 6.45) is -1.86. The average Bonchev–Trinajstić information content (AvgIpc) is 3.11. The maximum Gasteiger partial charge on any atom is 0.411 e. The van der Waals surface area contributed by atoms with E-state index in [1.165, 1.54) is 17.0 Å². The topological polar surface area (TPSA) is 122 Å². The van der Waals surface area contributed by atoms with E-state index in [4.69, 9.17) is 4.74 Å². The summed E-state index contributed by atoms with van der Waals surface area (Å²) in [7, 11) is 0. The molecule has 2 rings (SSSR count). The van der Waals surface area contributed by atoms with Crippen molar-refractivity contribution in [3.63, 3.8) is 0 Å². The van der Waals surface area contributed by atoms with E-state index in [9.17, 15) is 24.3 Å². The molecule has 1 aliphatic heterocycles. The lowest BCUT2D eigenvalue weighted by Gasteiger charge is -2.27. The molecule has 0 spiro atoms. The van der Waals surface area contributed by atoms with Crippen LogP contribution in [0.5, 0.6) is 0 Å². The fraction of sp³-hybridized carbons (Fsp3) is 0.474. The molecule has 1 heterocycles. The van der Waals surface area contributed by atoms with Crippen molar-refractivity contribution < 1.29 is 33.8 Å². The lowest BCUT2D eigenvalue weighted by Crippen LogP contribution is -2.47. The Labute approximate surface area is 162 Å². The number of esters is 2. The van der Waals surface area contributed by atoms with Crippen LogP contribution in [-0.4, -0.2) is 58.4 Å². The standard InChI is InChI=1S/C19H24N2O7/c1-19(2,3)28-18(26)21-11-7-10-13(21)16(24)27-17(25)15(23)20-14(22)12-8-5-4-6-9-12/h4-6,8-9,13,15,23H,7,10-11H2,1-3H3,(H,20,22)/t13-,15?/m0/s1. The second-order valence-corrected chi connectivity index (χ2v) is 7.31. The van der Waals surface area contributed by atoms with Gasteiger partial charge in [0.05, 0.1) is 0 Å². The van der Waals surface area contributed by atoms with Gasteiger partial charge in [-0.3, -0.25) is 9.69 Å². The summed E-state index contributed by atoms with van der Waals surface area (Å²) in [4.78, 5) is 49.6. The second-order valence-electron chi connectivity index (χ2n) is 7.31. The SMILES string of the molecule is CC(C)(C)OC(=O)N1CCC[C@H]1C(=O)OC(=O)C(O)NC(=O)c1ccccc1. The van der Waals surface area contributed by atoms with Gasteiger partial charge < -0.3 is 19.9 Å². The van der Waals surface area contributed by atoms with E-state index >= 15 is 0 Å². The van der Waals surface area contributed by atoms with Crippen LogP contribution in [0.3, 0.4) is 0 Å². The first kappa shape index (κ1) is 21.4. The summed E-state index contributed by atoms with van der Waals surface area (Å²) < 4.78 is 9.90. The number of carbonyl (C=O) groups is 4. The molecule has 1 aromatic rings. The third kappa shape index (κ3) is 5.78. The van der Waals surface area contributed by atoms with Gasteiger partial charge in [0, 0.05) is 12.1 Å². The van der Waals surface area contributed by atoms with Gasteiger partial charge in [-0.05, 0) is 45.7 Å². The van der Waals surface area contributed by atoms with Crippen LogP contribution < -0.4 is 5.32 Å². The Hall–Kier alpha value is -2.94. The van der Waals surface area contributed by atoms with E-state index in [0.29, 0.717) is 12.8 Å². The number of ether oxygens (including phenoxy) is 2. The first-order valence-corrected chi connectivity index (χ1v) is 8.87. The number of nitrogens with zero attached hydrogens (tertiary/aromatic N) is 1. The summed E-state index contributed by atoms with van der Waals surface area (Å²) in [5.41, 5.74) is -0.505. The molecule has 2 N–H and O–H groups in total. The second kappa shape index (κ2) is 8.83. The van der Waals surface area contributed by atoms with Crippen LogP contribution >= 0.6 is 0 Å². The molecular weight excluding hydrogens is 368 g/mol. The van der Waals surface area contributed by atoms with E-state index < -0.39 is 41.8 Å². The quantitative estimate of drug-likeness (QED) is 0.448. The van der Waals surface area contributed by atoms with E-state index in [-0.39, 0.29) is 12.1 Å². The van der Waals surface area contributed by atoms with Crippen molar-refractivity contribution in [2.24, 2.45) is 0 Å². The molecule has 9 heteroatoms. The number of hydrogen-bond donors (Lipinski definition) is 2. The summed E-state index contributed by atoms with van der Waals surface area (Å²) in [6, 6.07) is 6.95. The van der Waals surface area contributed by atoms with Gasteiger partial charge in [-0.2, -0.15) is 0 Å². The number of aliphatic hydroxyl groups excluding tert-OH is 1. The Morgan fingerprint density at radius 2 is 1.82 bits per heavy atom. The van der Waals surface area contributed by atoms with Crippen molar-refractivity contribution in [1.29, 1.82) is 0 Å². The Morgan fingerprint density at radius 1 is 1.18 bits per heavy atom. The molecular formula is C19H24N2O7. The highest BCUT2D eigenvalue weighted by Crippen LogP contribution is 2.22. The van der Waals surface area contributed by atoms with Crippen LogP contribution in [0, 0.1) is 0 Å². The summed E-state index contributed by atoms with van der Waals surface area (Å²) in [5, 5.41) is 11.8. The van der Waals surface area contributed by atoms with Crippen molar-refractivity contribution >= 4 is 23.9 Å². The lowest BCUT2D eigenvalue weighted by molar-refractivity contribution is -0.169. The molecule has 1 aliphatic rings. The number of amides is 2. The van der Waals surface area contributed by atoms with Crippen molar-refractivity contribution in [1.82, 2.24) is 10.2 Å². The molecule has 2 atom stereocenters. The lowest BCUT2D eigenvalue weighted by atomic mass is 10.2. The Balaban J connectivity index is 1.92. The first-order valence-electron chi connectivity index (χ1n) is 8.87. The Kier molecular flexibility index (Phi) is 6.74. The van der Waals surface area contributed by atoms with Crippen molar-refractivity contribution in [3.05, 3.63) is 35.9 Å². The number of benzene rings is 1. The van der Waals surface area contributed by atoms with Gasteiger partial charge >= 0.3 is 18.0 Å². The van der Waals surface area contributed by atoms with Gasteiger partial charge in [-0.1, -0.05) is 18.2 Å². The fourth-order valence-electron chi connectivity index (χ4n) is 2.63. The minimum Gasteiger partial charge on any atom is -0.444 e. The number of nitrogens with one attached hydrogen (secondary N) is 1. The molecule has 1 fully saturated rings. The maximum absolute atomic E-state index is 12.3. The van der Waals surface area contributed by atoms with Gasteiger partial charge in [0.1, 0.15) is 11.6 Å². The molecule has 0 aromatic heterocycles. The molecule has 152 valence electrons. The van der Waals surface area contributed by atoms with E-state index in [2.05, 4.69) is 4.74 Å². The Morgan fingerprint density at radius 3 is 2.43 bits per heavy atom. The van der Waals surface area contributed by atoms with Crippen LogP contribution in [0.15, 0.2) is 30.3 Å². The van der Waals surface area contributed by atoms with E-state index in [1.807, 2.05) is 5.32 Å². The number of aliphatic hydroxyl groups is 1. The monoisotopic (exact) mass is 392 g/mol. The third-order valence-electron chi connectivity index (χ3n) is 3.88. The zero-order valence-corrected chi connectivity index (χ0v) is 16.0. The maximum atomic E-state index is 12.3. The molecule has 1 aromatic carbocycles. The third-order valence-corrected chi connectivity index (χ3v) is 3.88. The predicted octanol–water partition coefficient (Wildman–Crippen LogP) is 1.20. The largest absolute Gasteiger partial charge is 0.444 e. The summed E-state index contributed by atoms with van der Waals surface area (Å²) in [6.45, 7) is 5.38. The van der Waals surface area contributed by atoms with Gasteiger partial charge in [-0.25, -0.2) is 14.4 Å². The van der Waals surface area contributed by atoms with Crippen LogP contribution in [0.2, 0.25) is 0 Å².